The largest absolute Gasteiger partial charge is 0.456 e. The lowest BCUT2D eigenvalue weighted by atomic mass is 9.63. The minimum atomic E-state index is -0.623. The Balaban J connectivity index is 1.12. The van der Waals surface area contributed by atoms with Gasteiger partial charge in [-0.3, -0.25) is 0 Å². The quantitative estimate of drug-likeness (QED) is 0.163. The second kappa shape index (κ2) is 14.6. The van der Waals surface area contributed by atoms with E-state index in [9.17, 15) is 5.26 Å². The Labute approximate surface area is 337 Å². The van der Waals surface area contributed by atoms with Crippen LogP contribution in [0.3, 0.4) is 0 Å². The van der Waals surface area contributed by atoms with E-state index in [1.165, 1.54) is 11.1 Å². The molecule has 1 aromatic heterocycles. The summed E-state index contributed by atoms with van der Waals surface area (Å²) in [4.78, 5) is 15.1. The number of rotatable bonds is 7. The lowest BCUT2D eigenvalue weighted by molar-refractivity contribution is 0.436. The number of para-hydroxylation sites is 2. The van der Waals surface area contributed by atoms with Crippen molar-refractivity contribution in [2.45, 2.75) is 5.41 Å². The number of ether oxygens (including phenoxy) is 1. The van der Waals surface area contributed by atoms with Crippen molar-refractivity contribution in [2.24, 2.45) is 0 Å². The molecule has 58 heavy (non-hydrogen) atoms. The van der Waals surface area contributed by atoms with Crippen LogP contribution in [0.1, 0.15) is 27.8 Å². The smallest absolute Gasteiger partial charge is 0.164 e. The third-order valence-corrected chi connectivity index (χ3v) is 10.9. The molecule has 0 N–H and O–H groups in total. The van der Waals surface area contributed by atoms with Gasteiger partial charge < -0.3 is 4.74 Å². The van der Waals surface area contributed by atoms with Gasteiger partial charge in [-0.1, -0.05) is 182 Å². The molecule has 1 aliphatic heterocycles. The summed E-state index contributed by atoms with van der Waals surface area (Å²) in [6.07, 6.45) is 0. The van der Waals surface area contributed by atoms with Gasteiger partial charge in [-0.15, -0.1) is 0 Å². The van der Waals surface area contributed by atoms with E-state index in [0.717, 1.165) is 61.6 Å². The van der Waals surface area contributed by atoms with Gasteiger partial charge in [0.25, 0.3) is 0 Å². The molecule has 0 radical (unpaired) electrons. The van der Waals surface area contributed by atoms with Gasteiger partial charge >= 0.3 is 0 Å². The van der Waals surface area contributed by atoms with Gasteiger partial charge in [-0.25, -0.2) is 15.0 Å². The number of hydrogen-bond donors (Lipinski definition) is 0. The van der Waals surface area contributed by atoms with Crippen LogP contribution in [0.4, 0.5) is 0 Å². The van der Waals surface area contributed by atoms with Gasteiger partial charge in [0, 0.05) is 33.4 Å². The summed E-state index contributed by atoms with van der Waals surface area (Å²) in [6, 6.07) is 72.7. The van der Waals surface area contributed by atoms with Crippen molar-refractivity contribution in [2.75, 3.05) is 0 Å². The predicted octanol–water partition coefficient (Wildman–Crippen LogP) is 12.6. The molecule has 0 fully saturated rings. The highest BCUT2D eigenvalue weighted by Gasteiger charge is 2.45. The average Bonchev–Trinajstić information content (AvgIpc) is 3.31. The fourth-order valence-corrected chi connectivity index (χ4v) is 8.21. The summed E-state index contributed by atoms with van der Waals surface area (Å²) in [7, 11) is 0. The Hall–Kier alpha value is -7.94. The molecule has 5 heteroatoms. The molecule has 9 aromatic rings. The Kier molecular flexibility index (Phi) is 8.70. The van der Waals surface area contributed by atoms with Crippen LogP contribution in [0.2, 0.25) is 0 Å². The molecule has 0 bridgehead atoms. The third-order valence-electron chi connectivity index (χ3n) is 10.9. The molecule has 0 saturated heterocycles. The number of fused-ring (bicyclic) bond motifs is 2. The van der Waals surface area contributed by atoms with Crippen LogP contribution in [0.15, 0.2) is 206 Å². The van der Waals surface area contributed by atoms with Crippen molar-refractivity contribution in [3.8, 4) is 74.0 Å². The summed E-state index contributed by atoms with van der Waals surface area (Å²) in [5.41, 5.74) is 11.1. The number of nitriles is 1. The minimum absolute atomic E-state index is 0.565. The highest BCUT2D eigenvalue weighted by Crippen LogP contribution is 2.57. The van der Waals surface area contributed by atoms with E-state index in [1.54, 1.807) is 0 Å². The van der Waals surface area contributed by atoms with E-state index >= 15 is 0 Å². The van der Waals surface area contributed by atoms with Crippen molar-refractivity contribution in [1.29, 1.82) is 5.26 Å². The zero-order valence-electron chi connectivity index (χ0n) is 31.3. The Morgan fingerprint density at radius 2 is 0.897 bits per heavy atom. The minimum Gasteiger partial charge on any atom is -0.456 e. The molecule has 0 aliphatic carbocycles. The van der Waals surface area contributed by atoms with Gasteiger partial charge in [0.05, 0.1) is 17.0 Å². The van der Waals surface area contributed by atoms with Crippen molar-refractivity contribution in [3.63, 3.8) is 0 Å². The maximum absolute atomic E-state index is 9.44. The van der Waals surface area contributed by atoms with E-state index in [-0.39, 0.29) is 0 Å². The van der Waals surface area contributed by atoms with Crippen molar-refractivity contribution < 1.29 is 4.74 Å². The molecule has 8 aromatic carbocycles. The van der Waals surface area contributed by atoms with Gasteiger partial charge in [0.1, 0.15) is 11.5 Å². The topological polar surface area (TPSA) is 71.7 Å². The first-order valence-electron chi connectivity index (χ1n) is 19.2. The van der Waals surface area contributed by atoms with Crippen LogP contribution in [-0.4, -0.2) is 15.0 Å². The van der Waals surface area contributed by atoms with Crippen LogP contribution in [0.5, 0.6) is 11.5 Å². The molecule has 0 amide bonds. The fraction of sp³-hybridized carbons (Fsp3) is 0.0189. The van der Waals surface area contributed by atoms with Gasteiger partial charge in [-0.2, -0.15) is 5.26 Å². The Bertz CT molecular complexity index is 2940. The first-order chi connectivity index (χ1) is 28.7. The molecular weight excluding hydrogens is 709 g/mol. The van der Waals surface area contributed by atoms with Crippen molar-refractivity contribution >= 4 is 0 Å². The molecule has 10 rings (SSSR count). The Morgan fingerprint density at radius 1 is 0.397 bits per heavy atom. The first-order valence-corrected chi connectivity index (χ1v) is 19.2. The van der Waals surface area contributed by atoms with E-state index in [1.807, 2.05) is 91.0 Å². The molecule has 5 nitrogen and oxygen atoms in total. The highest BCUT2D eigenvalue weighted by atomic mass is 16.5. The van der Waals surface area contributed by atoms with Crippen LogP contribution < -0.4 is 4.74 Å². The summed E-state index contributed by atoms with van der Waals surface area (Å²) < 4.78 is 6.96. The van der Waals surface area contributed by atoms with E-state index in [0.29, 0.717) is 23.0 Å². The molecule has 272 valence electrons. The van der Waals surface area contributed by atoms with E-state index in [4.69, 9.17) is 19.7 Å². The Morgan fingerprint density at radius 3 is 1.59 bits per heavy atom. The number of benzene rings is 8. The zero-order valence-corrected chi connectivity index (χ0v) is 31.3. The second-order valence-corrected chi connectivity index (χ2v) is 14.3. The van der Waals surface area contributed by atoms with E-state index < -0.39 is 5.41 Å². The zero-order chi connectivity index (χ0) is 38.9. The van der Waals surface area contributed by atoms with Gasteiger partial charge in [0.15, 0.2) is 17.5 Å². The lowest BCUT2D eigenvalue weighted by Crippen LogP contribution is -2.34. The van der Waals surface area contributed by atoms with Crippen molar-refractivity contribution in [1.82, 2.24) is 15.0 Å². The molecular formula is C53H34N4O. The van der Waals surface area contributed by atoms with E-state index in [2.05, 4.69) is 121 Å². The summed E-state index contributed by atoms with van der Waals surface area (Å²) in [5, 5.41) is 9.44. The van der Waals surface area contributed by atoms with Crippen LogP contribution in [0.25, 0.3) is 56.4 Å². The highest BCUT2D eigenvalue weighted by molar-refractivity contribution is 5.82. The number of aromatic nitrogens is 3. The standard InChI is InChI=1S/C53H34N4O/c54-35-36-15-12-18-40(33-36)37-29-31-39(32-30-37)51-55-50(38-16-4-1-5-17-38)56-52(57-51)42-20-13-19-41(34-42)45-25-14-27-47-49(45)58-48-28-11-10-26-46(48)53(47,43-21-6-2-7-22-43)44-23-8-3-9-24-44/h1-34H. The van der Waals surface area contributed by atoms with Crippen LogP contribution >= 0.6 is 0 Å². The SMILES string of the molecule is N#Cc1cccc(-c2ccc(-c3nc(-c4ccccc4)nc(-c4cccc(-c5cccc6c5Oc5ccccc5C6(c5ccccc5)c5ccccc5)c4)n3)cc2)c1. The normalized spacial score (nSPS) is 12.4. The maximum Gasteiger partial charge on any atom is 0.164 e. The van der Waals surface area contributed by atoms with Crippen LogP contribution in [-0.2, 0) is 5.41 Å². The monoisotopic (exact) mass is 742 g/mol. The maximum atomic E-state index is 9.44. The molecule has 1 aliphatic rings. The summed E-state index contributed by atoms with van der Waals surface area (Å²) in [5.74, 6) is 3.36. The average molecular weight is 743 g/mol. The second-order valence-electron chi connectivity index (χ2n) is 14.3. The summed E-state index contributed by atoms with van der Waals surface area (Å²) >= 11 is 0. The number of nitrogens with zero attached hydrogens (tertiary/aromatic N) is 4. The molecule has 2 heterocycles. The summed E-state index contributed by atoms with van der Waals surface area (Å²) in [6.45, 7) is 0. The fourth-order valence-electron chi connectivity index (χ4n) is 8.21. The molecule has 0 spiro atoms. The number of hydrogen-bond acceptors (Lipinski definition) is 5. The molecule has 0 saturated carbocycles. The third kappa shape index (κ3) is 6.01. The first kappa shape index (κ1) is 34.5. The van der Waals surface area contributed by atoms with Gasteiger partial charge in [-0.05, 0) is 52.1 Å². The molecule has 0 unspecified atom stereocenters. The van der Waals surface area contributed by atoms with Crippen LogP contribution in [0, 0.1) is 11.3 Å². The van der Waals surface area contributed by atoms with Gasteiger partial charge in [0.2, 0.25) is 0 Å². The van der Waals surface area contributed by atoms with Crippen molar-refractivity contribution in [3.05, 3.63) is 234 Å². The lowest BCUT2D eigenvalue weighted by Gasteiger charge is -2.42. The molecule has 0 atom stereocenters. The predicted molar refractivity (Wildman–Crippen MR) is 230 cm³/mol.